The summed E-state index contributed by atoms with van der Waals surface area (Å²) < 4.78 is 47.0. The van der Waals surface area contributed by atoms with Crippen LogP contribution in [-0.2, 0) is 37.9 Å². The maximum atomic E-state index is 6.72. The van der Waals surface area contributed by atoms with Gasteiger partial charge in [-0.15, -0.1) is 12.3 Å². The number of hydrogen-bond acceptors (Lipinski definition) is 8. The maximum Gasteiger partial charge on any atom is 0.146 e. The Morgan fingerprint density at radius 3 is 1.90 bits per heavy atom. The predicted molar refractivity (Wildman–Crippen MR) is 156 cm³/mol. The smallest absolute Gasteiger partial charge is 0.146 e. The molecule has 2 aliphatic heterocycles. The minimum atomic E-state index is -0.110. The number of terminal acetylenes is 1. The Labute approximate surface area is 244 Å². The Balaban J connectivity index is 1.94. The molecule has 2 heterocycles. The minimum absolute atomic E-state index is 0.00500. The first-order valence-corrected chi connectivity index (χ1v) is 15.7. The van der Waals surface area contributed by atoms with Crippen molar-refractivity contribution in [1.82, 2.24) is 0 Å². The molecule has 0 aromatic heterocycles. The third-order valence-electron chi connectivity index (χ3n) is 8.09. The fourth-order valence-corrected chi connectivity index (χ4v) is 5.93. The summed E-state index contributed by atoms with van der Waals surface area (Å²) in [5, 5.41) is 0. The zero-order valence-electron chi connectivity index (χ0n) is 25.8. The molecule has 0 amide bonds. The van der Waals surface area contributed by atoms with Gasteiger partial charge in [-0.3, -0.25) is 0 Å². The molecule has 0 aromatic rings. The zero-order chi connectivity index (χ0) is 28.8. The summed E-state index contributed by atoms with van der Waals surface area (Å²) in [6.07, 6.45) is 22.7. The lowest BCUT2D eigenvalue weighted by molar-refractivity contribution is -0.211. The van der Waals surface area contributed by atoms with E-state index in [1.165, 1.54) is 44.9 Å². The van der Waals surface area contributed by atoms with E-state index in [4.69, 9.17) is 44.3 Å². The van der Waals surface area contributed by atoms with Gasteiger partial charge in [0.25, 0.3) is 0 Å². The molecule has 0 aromatic carbocycles. The second-order valence-corrected chi connectivity index (χ2v) is 11.2. The van der Waals surface area contributed by atoms with Crippen molar-refractivity contribution < 1.29 is 37.9 Å². The van der Waals surface area contributed by atoms with Gasteiger partial charge in [0.15, 0.2) is 0 Å². The van der Waals surface area contributed by atoms with E-state index < -0.39 is 0 Å². The highest BCUT2D eigenvalue weighted by atomic mass is 16.7. The summed E-state index contributed by atoms with van der Waals surface area (Å²) in [5.41, 5.74) is 0. The molecule has 234 valence electrons. The first kappa shape index (κ1) is 35.4. The number of methoxy groups -OCH3 is 3. The Kier molecular flexibility index (Phi) is 20.2. The topological polar surface area (TPSA) is 73.8 Å². The van der Waals surface area contributed by atoms with E-state index >= 15 is 0 Å². The van der Waals surface area contributed by atoms with Gasteiger partial charge < -0.3 is 37.9 Å². The molecule has 8 heteroatoms. The summed E-state index contributed by atoms with van der Waals surface area (Å²) in [4.78, 5) is 0. The number of ether oxygens (including phenoxy) is 8. The van der Waals surface area contributed by atoms with Crippen molar-refractivity contribution in [2.24, 2.45) is 0 Å². The van der Waals surface area contributed by atoms with Gasteiger partial charge in [-0.25, -0.2) is 0 Å². The Morgan fingerprint density at radius 2 is 1.30 bits per heavy atom. The van der Waals surface area contributed by atoms with Crippen LogP contribution < -0.4 is 0 Å². The highest BCUT2D eigenvalue weighted by molar-refractivity contribution is 4.92. The fourth-order valence-electron chi connectivity index (χ4n) is 5.93. The van der Waals surface area contributed by atoms with Crippen molar-refractivity contribution in [2.75, 3.05) is 41.7 Å². The lowest BCUT2D eigenvalue weighted by Gasteiger charge is -2.40. The molecule has 0 bridgehead atoms. The SMILES string of the molecule is C#CC[C@@H]1CC[C@@H]([C@H](CC[C@H](OCOC)[C@@H]2CC[C@@H](OCOC)[C@H](CCCCCCCCCC)O2)OCOC)O1. The van der Waals surface area contributed by atoms with Gasteiger partial charge >= 0.3 is 0 Å². The zero-order valence-corrected chi connectivity index (χ0v) is 25.8. The van der Waals surface area contributed by atoms with Crippen LogP contribution in [0.1, 0.15) is 110 Å². The van der Waals surface area contributed by atoms with E-state index in [0.29, 0.717) is 6.42 Å². The van der Waals surface area contributed by atoms with Gasteiger partial charge in [-0.1, -0.05) is 58.3 Å². The molecule has 2 rings (SSSR count). The van der Waals surface area contributed by atoms with Gasteiger partial charge in [-0.05, 0) is 44.9 Å². The molecule has 0 radical (unpaired) electrons. The summed E-state index contributed by atoms with van der Waals surface area (Å²) in [5.74, 6) is 2.72. The largest absolute Gasteiger partial charge is 0.371 e. The van der Waals surface area contributed by atoms with Gasteiger partial charge in [-0.2, -0.15) is 0 Å². The molecule has 0 aliphatic carbocycles. The van der Waals surface area contributed by atoms with Crippen LogP contribution in [0.25, 0.3) is 0 Å². The first-order chi connectivity index (χ1) is 19.7. The Hall–Kier alpha value is -0.760. The molecule has 0 saturated carbocycles. The number of hydrogen-bond donors (Lipinski definition) is 0. The normalized spacial score (nSPS) is 26.5. The molecule has 2 fully saturated rings. The third-order valence-corrected chi connectivity index (χ3v) is 8.09. The summed E-state index contributed by atoms with van der Waals surface area (Å²) in [6, 6.07) is 0. The standard InChI is InChI=1S/C32H58O8/c1-6-8-9-10-11-12-13-14-16-30-27(36-23-33-3)21-22-32(40-30)29(38-25-35-5)20-19-28(37-24-34-4)31-18-17-26(39-31)15-7-2/h2,26-32H,6,8-25H2,1,3-5H3/t26-,27-,28+,29+,30+,31+,32+/m1/s1. The summed E-state index contributed by atoms with van der Waals surface area (Å²) in [6.45, 7) is 3.01. The van der Waals surface area contributed by atoms with Crippen molar-refractivity contribution in [1.29, 1.82) is 0 Å². The van der Waals surface area contributed by atoms with Crippen molar-refractivity contribution in [3.8, 4) is 12.3 Å². The quantitative estimate of drug-likeness (QED) is 0.0752. The van der Waals surface area contributed by atoms with Gasteiger partial charge in [0.05, 0.1) is 42.7 Å². The summed E-state index contributed by atoms with van der Waals surface area (Å²) >= 11 is 0. The van der Waals surface area contributed by atoms with Crippen LogP contribution in [0.4, 0.5) is 0 Å². The Morgan fingerprint density at radius 1 is 0.725 bits per heavy atom. The average Bonchev–Trinajstić information content (AvgIpc) is 3.43. The van der Waals surface area contributed by atoms with Crippen molar-refractivity contribution in [3.05, 3.63) is 0 Å². The highest BCUT2D eigenvalue weighted by Crippen LogP contribution is 2.32. The van der Waals surface area contributed by atoms with Crippen molar-refractivity contribution in [3.63, 3.8) is 0 Å². The Bertz CT molecular complexity index is 641. The molecule has 2 saturated heterocycles. The monoisotopic (exact) mass is 570 g/mol. The van der Waals surface area contributed by atoms with E-state index in [1.54, 1.807) is 21.3 Å². The van der Waals surface area contributed by atoms with E-state index in [-0.39, 0.29) is 63.1 Å². The number of unbranched alkanes of at least 4 members (excludes halogenated alkanes) is 7. The molecule has 0 unspecified atom stereocenters. The molecule has 8 nitrogen and oxygen atoms in total. The predicted octanol–water partition coefficient (Wildman–Crippen LogP) is 6.38. The maximum absolute atomic E-state index is 6.72. The van der Waals surface area contributed by atoms with Crippen LogP contribution in [0.15, 0.2) is 0 Å². The van der Waals surface area contributed by atoms with Crippen LogP contribution in [0.5, 0.6) is 0 Å². The van der Waals surface area contributed by atoms with Crippen LogP contribution in [0.2, 0.25) is 0 Å². The fraction of sp³-hybridized carbons (Fsp3) is 0.938. The number of rotatable bonds is 24. The molecule has 7 atom stereocenters. The molecular weight excluding hydrogens is 512 g/mol. The van der Waals surface area contributed by atoms with Gasteiger partial charge in [0.1, 0.15) is 20.4 Å². The second-order valence-electron chi connectivity index (χ2n) is 11.2. The molecule has 0 N–H and O–H groups in total. The molecular formula is C32H58O8. The third kappa shape index (κ3) is 13.9. The van der Waals surface area contributed by atoms with Crippen molar-refractivity contribution in [2.45, 2.75) is 152 Å². The van der Waals surface area contributed by atoms with Crippen LogP contribution >= 0.6 is 0 Å². The van der Waals surface area contributed by atoms with Crippen molar-refractivity contribution >= 4 is 0 Å². The van der Waals surface area contributed by atoms with E-state index in [9.17, 15) is 0 Å². The molecule has 2 aliphatic rings. The average molecular weight is 571 g/mol. The van der Waals surface area contributed by atoms with E-state index in [1.807, 2.05) is 0 Å². The van der Waals surface area contributed by atoms with Gasteiger partial charge in [0, 0.05) is 27.8 Å². The van der Waals surface area contributed by atoms with E-state index in [0.717, 1.165) is 51.4 Å². The lowest BCUT2D eigenvalue weighted by Crippen LogP contribution is -2.46. The van der Waals surface area contributed by atoms with Gasteiger partial charge in [0.2, 0.25) is 0 Å². The molecule has 0 spiro atoms. The first-order valence-electron chi connectivity index (χ1n) is 15.7. The van der Waals surface area contributed by atoms with Crippen LogP contribution in [0.3, 0.4) is 0 Å². The van der Waals surface area contributed by atoms with Crippen LogP contribution in [0, 0.1) is 12.3 Å². The lowest BCUT2D eigenvalue weighted by atomic mass is 9.92. The minimum Gasteiger partial charge on any atom is -0.371 e. The summed E-state index contributed by atoms with van der Waals surface area (Å²) in [7, 11) is 4.96. The van der Waals surface area contributed by atoms with Crippen LogP contribution in [-0.4, -0.2) is 84.4 Å². The molecule has 40 heavy (non-hydrogen) atoms. The highest BCUT2D eigenvalue weighted by Gasteiger charge is 2.38. The van der Waals surface area contributed by atoms with E-state index in [2.05, 4.69) is 12.8 Å². The second kappa shape index (κ2) is 22.8.